The topological polar surface area (TPSA) is 65.8 Å². The maximum absolute atomic E-state index is 12.7. The van der Waals surface area contributed by atoms with E-state index in [0.717, 1.165) is 6.54 Å². The normalized spacial score (nSPS) is 14.8. The zero-order chi connectivity index (χ0) is 19.9. The van der Waals surface area contributed by atoms with Crippen LogP contribution >= 0.6 is 0 Å². The van der Waals surface area contributed by atoms with Crippen LogP contribution in [-0.4, -0.2) is 54.8 Å². The standard InChI is InChI=1S/C22H29N3O3/c1-24(19-7-4-3-5-8-19)14-15-25(2)22(27)17-10-12-18(13-11-17)23-21(26)20-9-6-16-28-20/h6,9-13,16,19H,3-5,7-8,14-15H2,1-2H3,(H,23,26). The molecule has 1 fully saturated rings. The Morgan fingerprint density at radius 3 is 2.39 bits per heavy atom. The molecule has 1 saturated carbocycles. The summed E-state index contributed by atoms with van der Waals surface area (Å²) in [6.07, 6.45) is 7.96. The van der Waals surface area contributed by atoms with Crippen LogP contribution in [-0.2, 0) is 0 Å². The third kappa shape index (κ3) is 5.23. The second-order valence-corrected chi connectivity index (χ2v) is 7.51. The molecule has 1 aliphatic carbocycles. The van der Waals surface area contributed by atoms with Gasteiger partial charge in [0, 0.05) is 37.4 Å². The molecule has 6 nitrogen and oxygen atoms in total. The Hall–Kier alpha value is -2.60. The van der Waals surface area contributed by atoms with Crippen LogP contribution in [0.4, 0.5) is 5.69 Å². The number of amides is 2. The highest BCUT2D eigenvalue weighted by atomic mass is 16.3. The number of rotatable bonds is 7. The molecule has 0 radical (unpaired) electrons. The van der Waals surface area contributed by atoms with Crippen molar-refractivity contribution in [3.05, 3.63) is 54.0 Å². The highest BCUT2D eigenvalue weighted by Gasteiger charge is 2.19. The second-order valence-electron chi connectivity index (χ2n) is 7.51. The number of carbonyl (C=O) groups is 2. The molecule has 3 rings (SSSR count). The zero-order valence-electron chi connectivity index (χ0n) is 16.7. The summed E-state index contributed by atoms with van der Waals surface area (Å²) in [4.78, 5) is 28.8. The Morgan fingerprint density at radius 1 is 1.04 bits per heavy atom. The van der Waals surface area contributed by atoms with Crippen molar-refractivity contribution >= 4 is 17.5 Å². The Labute approximate surface area is 166 Å². The smallest absolute Gasteiger partial charge is 0.291 e. The molecule has 0 saturated heterocycles. The zero-order valence-corrected chi connectivity index (χ0v) is 16.7. The first-order valence-electron chi connectivity index (χ1n) is 9.95. The van der Waals surface area contributed by atoms with E-state index in [4.69, 9.17) is 4.42 Å². The molecule has 1 aliphatic rings. The molecular weight excluding hydrogens is 354 g/mol. The van der Waals surface area contributed by atoms with Crippen LogP contribution in [0.1, 0.15) is 53.0 Å². The number of benzene rings is 1. The van der Waals surface area contributed by atoms with Crippen LogP contribution in [0.3, 0.4) is 0 Å². The second kappa shape index (κ2) is 9.55. The molecule has 2 amide bonds. The monoisotopic (exact) mass is 383 g/mol. The van der Waals surface area contributed by atoms with E-state index in [1.165, 1.54) is 38.4 Å². The van der Waals surface area contributed by atoms with Gasteiger partial charge in [0.25, 0.3) is 11.8 Å². The number of nitrogens with one attached hydrogen (secondary N) is 1. The van der Waals surface area contributed by atoms with Gasteiger partial charge in [0.1, 0.15) is 0 Å². The average Bonchev–Trinajstić information content (AvgIpc) is 3.27. The van der Waals surface area contributed by atoms with Crippen LogP contribution in [0, 0.1) is 0 Å². The van der Waals surface area contributed by atoms with Gasteiger partial charge in [0.05, 0.1) is 6.26 Å². The Morgan fingerprint density at radius 2 is 1.75 bits per heavy atom. The maximum Gasteiger partial charge on any atom is 0.291 e. The SMILES string of the molecule is CN(CCN(C)C1CCCCC1)C(=O)c1ccc(NC(=O)c2ccco2)cc1. The molecule has 0 unspecified atom stereocenters. The average molecular weight is 383 g/mol. The number of likely N-dealkylation sites (N-methyl/N-ethyl adjacent to an activating group) is 2. The predicted octanol–water partition coefficient (Wildman–Crippen LogP) is 3.87. The fourth-order valence-corrected chi connectivity index (χ4v) is 3.63. The van der Waals surface area contributed by atoms with E-state index in [1.54, 1.807) is 41.3 Å². The summed E-state index contributed by atoms with van der Waals surface area (Å²) in [5.74, 6) is -0.0742. The highest BCUT2D eigenvalue weighted by molar-refractivity contribution is 6.02. The van der Waals surface area contributed by atoms with Crippen molar-refractivity contribution in [2.24, 2.45) is 0 Å². The molecule has 6 heteroatoms. The molecule has 1 aromatic heterocycles. The number of hydrogen-bond acceptors (Lipinski definition) is 4. The molecule has 0 spiro atoms. The van der Waals surface area contributed by atoms with Gasteiger partial charge in [-0.1, -0.05) is 19.3 Å². The highest BCUT2D eigenvalue weighted by Crippen LogP contribution is 2.21. The largest absolute Gasteiger partial charge is 0.459 e. The molecule has 0 aliphatic heterocycles. The molecule has 2 aromatic rings. The van der Waals surface area contributed by atoms with Crippen LogP contribution in [0.15, 0.2) is 47.1 Å². The maximum atomic E-state index is 12.7. The number of hydrogen-bond donors (Lipinski definition) is 1. The first-order valence-corrected chi connectivity index (χ1v) is 9.95. The van der Waals surface area contributed by atoms with Gasteiger partial charge in [0.15, 0.2) is 5.76 Å². The lowest BCUT2D eigenvalue weighted by molar-refractivity contribution is 0.0767. The molecule has 1 N–H and O–H groups in total. The van der Waals surface area contributed by atoms with E-state index < -0.39 is 0 Å². The minimum absolute atomic E-state index is 0.0130. The number of furan rings is 1. The number of carbonyl (C=O) groups excluding carboxylic acids is 2. The van der Waals surface area contributed by atoms with Gasteiger partial charge in [-0.05, 0) is 56.3 Å². The van der Waals surface area contributed by atoms with Crippen molar-refractivity contribution in [1.29, 1.82) is 0 Å². The van der Waals surface area contributed by atoms with E-state index in [9.17, 15) is 9.59 Å². The third-order valence-electron chi connectivity index (χ3n) is 5.47. The Kier molecular flexibility index (Phi) is 6.87. The van der Waals surface area contributed by atoms with Crippen molar-refractivity contribution < 1.29 is 14.0 Å². The van der Waals surface area contributed by atoms with Crippen molar-refractivity contribution in [3.8, 4) is 0 Å². The van der Waals surface area contributed by atoms with Gasteiger partial charge in [-0.15, -0.1) is 0 Å². The number of nitrogens with zero attached hydrogens (tertiary/aromatic N) is 2. The lowest BCUT2D eigenvalue weighted by atomic mass is 9.94. The summed E-state index contributed by atoms with van der Waals surface area (Å²) in [5.41, 5.74) is 1.23. The minimum Gasteiger partial charge on any atom is -0.459 e. The van der Waals surface area contributed by atoms with E-state index in [2.05, 4.69) is 17.3 Å². The van der Waals surface area contributed by atoms with Gasteiger partial charge in [-0.3, -0.25) is 9.59 Å². The summed E-state index contributed by atoms with van der Waals surface area (Å²) in [6.45, 7) is 1.58. The van der Waals surface area contributed by atoms with Crippen LogP contribution in [0.25, 0.3) is 0 Å². The van der Waals surface area contributed by atoms with E-state index in [0.29, 0.717) is 23.8 Å². The van der Waals surface area contributed by atoms with E-state index in [-0.39, 0.29) is 17.6 Å². The molecule has 0 atom stereocenters. The summed E-state index contributed by atoms with van der Waals surface area (Å²) >= 11 is 0. The van der Waals surface area contributed by atoms with Crippen molar-refractivity contribution in [3.63, 3.8) is 0 Å². The van der Waals surface area contributed by atoms with Gasteiger partial charge >= 0.3 is 0 Å². The van der Waals surface area contributed by atoms with Crippen molar-refractivity contribution in [1.82, 2.24) is 9.80 Å². The fourth-order valence-electron chi connectivity index (χ4n) is 3.63. The first-order chi connectivity index (χ1) is 13.5. The first kappa shape index (κ1) is 20.1. The van der Waals surface area contributed by atoms with Gasteiger partial charge < -0.3 is 19.5 Å². The third-order valence-corrected chi connectivity index (χ3v) is 5.47. The minimum atomic E-state index is -0.313. The Balaban J connectivity index is 1.49. The van der Waals surface area contributed by atoms with E-state index >= 15 is 0 Å². The van der Waals surface area contributed by atoms with Gasteiger partial charge in [-0.25, -0.2) is 0 Å². The lowest BCUT2D eigenvalue weighted by Crippen LogP contribution is -2.40. The van der Waals surface area contributed by atoms with Crippen molar-refractivity contribution in [2.45, 2.75) is 38.1 Å². The molecular formula is C22H29N3O3. The van der Waals surface area contributed by atoms with Crippen LogP contribution in [0.5, 0.6) is 0 Å². The molecule has 150 valence electrons. The van der Waals surface area contributed by atoms with Crippen LogP contribution < -0.4 is 5.32 Å². The Bertz CT molecular complexity index is 765. The molecule has 1 heterocycles. The quantitative estimate of drug-likeness (QED) is 0.788. The van der Waals surface area contributed by atoms with Crippen molar-refractivity contribution in [2.75, 3.05) is 32.5 Å². The lowest BCUT2D eigenvalue weighted by Gasteiger charge is -2.32. The fraction of sp³-hybridized carbons (Fsp3) is 0.455. The summed E-state index contributed by atoms with van der Waals surface area (Å²) in [6, 6.07) is 10.9. The molecule has 1 aromatic carbocycles. The molecule has 0 bridgehead atoms. The summed E-state index contributed by atoms with van der Waals surface area (Å²) in [5, 5.41) is 2.75. The number of anilines is 1. The summed E-state index contributed by atoms with van der Waals surface area (Å²) in [7, 11) is 3.99. The van der Waals surface area contributed by atoms with E-state index in [1.807, 2.05) is 7.05 Å². The molecule has 28 heavy (non-hydrogen) atoms. The van der Waals surface area contributed by atoms with Crippen LogP contribution in [0.2, 0.25) is 0 Å². The predicted molar refractivity (Wildman–Crippen MR) is 110 cm³/mol. The van der Waals surface area contributed by atoms with Gasteiger partial charge in [-0.2, -0.15) is 0 Å². The van der Waals surface area contributed by atoms with Gasteiger partial charge in [0.2, 0.25) is 0 Å². The summed E-state index contributed by atoms with van der Waals surface area (Å²) < 4.78 is 5.07.